The number of amides is 1. The fraction of sp³-hybridized carbons (Fsp3) is 0.316. The number of methoxy groups -OCH3 is 3. The molecular weight excluding hydrogens is 904 g/mol. The van der Waals surface area contributed by atoms with Crippen LogP contribution in [0.2, 0.25) is 0 Å². The van der Waals surface area contributed by atoms with Crippen LogP contribution in [-0.4, -0.2) is 111 Å². The Hall–Kier alpha value is -4.87. The van der Waals surface area contributed by atoms with Gasteiger partial charge in [0.25, 0.3) is 0 Å². The molecule has 0 saturated carbocycles. The van der Waals surface area contributed by atoms with Crippen molar-refractivity contribution in [3.05, 3.63) is 105 Å². The third kappa shape index (κ3) is 10.4. The summed E-state index contributed by atoms with van der Waals surface area (Å²) in [4.78, 5) is 13.2. The average Bonchev–Trinajstić information content (AvgIpc) is 3.87. The number of halogens is 1. The Balaban J connectivity index is 1.45. The Bertz CT molecular complexity index is 2370. The van der Waals surface area contributed by atoms with Gasteiger partial charge >= 0.3 is 6.09 Å². The molecule has 2 heterocycles. The van der Waals surface area contributed by atoms with Gasteiger partial charge in [0, 0.05) is 42.3 Å². The first-order valence-electron chi connectivity index (χ1n) is 18.0. The van der Waals surface area contributed by atoms with E-state index in [0.717, 1.165) is 5.56 Å². The van der Waals surface area contributed by atoms with Gasteiger partial charge in [-0.25, -0.2) is 26.4 Å². The van der Waals surface area contributed by atoms with Crippen LogP contribution in [0, 0.1) is 3.57 Å². The number of likely N-dealkylation sites (tertiary alicyclic amines) is 1. The van der Waals surface area contributed by atoms with Crippen molar-refractivity contribution in [1.82, 2.24) is 39.5 Å². The molecule has 1 fully saturated rings. The quantitative estimate of drug-likeness (QED) is 0.106. The van der Waals surface area contributed by atoms with Crippen LogP contribution < -0.4 is 24.2 Å². The summed E-state index contributed by atoms with van der Waals surface area (Å²) in [7, 11) is -4.62. The van der Waals surface area contributed by atoms with Crippen molar-refractivity contribution in [3.8, 4) is 28.6 Å². The van der Waals surface area contributed by atoms with E-state index in [1.165, 1.54) is 35.5 Å². The second-order valence-electron chi connectivity index (χ2n) is 13.3. The zero-order valence-electron chi connectivity index (χ0n) is 31.9. The molecule has 1 aliphatic heterocycles. The summed E-state index contributed by atoms with van der Waals surface area (Å²) in [6, 6.07) is 23.3. The highest BCUT2D eigenvalue weighted by atomic mass is 127. The molecule has 20 heteroatoms. The number of nitrogens with one attached hydrogen (secondary N) is 2. The molecule has 1 saturated heterocycles. The third-order valence-electron chi connectivity index (χ3n) is 9.45. The van der Waals surface area contributed by atoms with Crippen molar-refractivity contribution in [2.75, 3.05) is 47.5 Å². The monoisotopic (exact) mass is 946 g/mol. The molecule has 6 rings (SSSR count). The van der Waals surface area contributed by atoms with Crippen molar-refractivity contribution in [1.29, 1.82) is 0 Å². The number of rotatable bonds is 18. The zero-order valence-corrected chi connectivity index (χ0v) is 35.7. The average molecular weight is 947 g/mol. The zero-order chi connectivity index (χ0) is 41.5. The first kappa shape index (κ1) is 42.7. The number of tetrazole rings is 1. The highest BCUT2D eigenvalue weighted by molar-refractivity contribution is 14.1. The minimum atomic E-state index is -4.72. The lowest BCUT2D eigenvalue weighted by atomic mass is 10.2. The molecular formula is C38H43IN8O9S2. The molecule has 3 N–H and O–H groups in total. The topological polar surface area (TPSA) is 207 Å². The van der Waals surface area contributed by atoms with Gasteiger partial charge in [-0.05, 0) is 106 Å². The van der Waals surface area contributed by atoms with E-state index in [2.05, 4.69) is 25.4 Å². The van der Waals surface area contributed by atoms with Crippen molar-refractivity contribution < 1.29 is 40.9 Å². The van der Waals surface area contributed by atoms with E-state index >= 15 is 8.42 Å². The molecule has 5 aromatic rings. The van der Waals surface area contributed by atoms with E-state index in [1.807, 2.05) is 39.6 Å². The Kier molecular flexibility index (Phi) is 13.9. The maximum atomic E-state index is 15.4. The van der Waals surface area contributed by atoms with E-state index in [-0.39, 0.29) is 37.6 Å². The van der Waals surface area contributed by atoms with Crippen molar-refractivity contribution in [3.63, 3.8) is 0 Å². The van der Waals surface area contributed by atoms with Gasteiger partial charge in [0.1, 0.15) is 27.0 Å². The lowest BCUT2D eigenvalue weighted by Crippen LogP contribution is -2.40. The minimum absolute atomic E-state index is 0.0216. The summed E-state index contributed by atoms with van der Waals surface area (Å²) in [5.41, 5.74) is 2.05. The minimum Gasteiger partial charge on any atom is -0.497 e. The van der Waals surface area contributed by atoms with Gasteiger partial charge in [0.2, 0.25) is 25.9 Å². The van der Waals surface area contributed by atoms with Crippen LogP contribution in [0.15, 0.2) is 94.7 Å². The molecule has 17 nitrogen and oxygen atoms in total. The Labute approximate surface area is 350 Å². The molecule has 308 valence electrons. The summed E-state index contributed by atoms with van der Waals surface area (Å²) in [5.74, 6) is 1.75. The van der Waals surface area contributed by atoms with E-state index < -0.39 is 42.0 Å². The van der Waals surface area contributed by atoms with Gasteiger partial charge in [-0.1, -0.05) is 36.4 Å². The molecule has 0 bridgehead atoms. The Morgan fingerprint density at radius 3 is 1.93 bits per heavy atom. The van der Waals surface area contributed by atoms with Gasteiger partial charge in [-0.2, -0.15) is 9.10 Å². The second-order valence-corrected chi connectivity index (χ2v) is 18.1. The predicted molar refractivity (Wildman–Crippen MR) is 222 cm³/mol. The highest BCUT2D eigenvalue weighted by Gasteiger charge is 2.38. The van der Waals surface area contributed by atoms with Crippen LogP contribution in [0.3, 0.4) is 0 Å². The summed E-state index contributed by atoms with van der Waals surface area (Å²) in [6.07, 6.45) is -0.725. The van der Waals surface area contributed by atoms with Crippen LogP contribution >= 0.6 is 22.6 Å². The summed E-state index contributed by atoms with van der Waals surface area (Å²) < 4.78 is 80.2. The first-order valence-corrected chi connectivity index (χ1v) is 22.0. The van der Waals surface area contributed by atoms with E-state index in [1.54, 1.807) is 67.8 Å². The number of hydrogen-bond donors (Lipinski definition) is 3. The molecule has 58 heavy (non-hydrogen) atoms. The van der Waals surface area contributed by atoms with Gasteiger partial charge in [-0.15, -0.1) is 10.2 Å². The summed E-state index contributed by atoms with van der Waals surface area (Å²) >= 11 is 1.96. The summed E-state index contributed by atoms with van der Waals surface area (Å²) in [5, 5.41) is 24.3. The number of carbonyl (C=O) groups is 1. The van der Waals surface area contributed by atoms with Gasteiger partial charge < -0.3 is 24.6 Å². The van der Waals surface area contributed by atoms with Crippen molar-refractivity contribution >= 4 is 48.7 Å². The molecule has 4 aromatic carbocycles. The number of benzene rings is 4. The second kappa shape index (κ2) is 18.8. The van der Waals surface area contributed by atoms with Crippen LogP contribution in [-0.2, 0) is 39.7 Å². The first-order chi connectivity index (χ1) is 27.8. The third-order valence-corrected chi connectivity index (χ3v) is 13.9. The molecule has 0 radical (unpaired) electrons. The van der Waals surface area contributed by atoms with Crippen LogP contribution in [0.5, 0.6) is 17.2 Å². The Morgan fingerprint density at radius 1 is 0.845 bits per heavy atom. The number of carboxylic acid groups (broad SMARTS) is 1. The molecule has 0 spiro atoms. The van der Waals surface area contributed by atoms with Gasteiger partial charge in [0.15, 0.2) is 0 Å². The molecule has 0 aliphatic carbocycles. The lowest BCUT2D eigenvalue weighted by Gasteiger charge is -2.26. The maximum Gasteiger partial charge on any atom is 0.404 e. The summed E-state index contributed by atoms with van der Waals surface area (Å²) in [6.45, 7) is 1.28. The largest absolute Gasteiger partial charge is 0.497 e. The van der Waals surface area contributed by atoms with Crippen LogP contribution in [0.4, 0.5) is 4.79 Å². The number of nitrogens with zero attached hydrogens (tertiary/aromatic N) is 6. The van der Waals surface area contributed by atoms with Crippen LogP contribution in [0.25, 0.3) is 11.4 Å². The number of ether oxygens (including phenoxy) is 3. The van der Waals surface area contributed by atoms with Gasteiger partial charge in [0.05, 0.1) is 33.4 Å². The van der Waals surface area contributed by atoms with Crippen molar-refractivity contribution in [2.45, 2.75) is 41.9 Å². The Morgan fingerprint density at radius 2 is 1.40 bits per heavy atom. The number of sulfonamides is 2. The van der Waals surface area contributed by atoms with E-state index in [4.69, 9.17) is 19.3 Å². The number of hydrogen-bond acceptors (Lipinski definition) is 12. The fourth-order valence-electron chi connectivity index (χ4n) is 6.48. The predicted octanol–water partition coefficient (Wildman–Crippen LogP) is 4.03. The molecule has 1 aromatic heterocycles. The normalized spacial score (nSPS) is 14.7. The molecule has 1 amide bonds. The molecule has 1 atom stereocenters. The standard InChI is InChI=1S/C38H43IN8O9S2/c1-54-30-10-4-26(5-11-30)22-46(23-27-6-12-31(55-2)13-7-27)58(52,53)36-34(57(50,51)43-29-18-20-45(25-29)21-19-40-38(48)49)17-16-33(39)35(36)37-41-44-47(42-37)24-28-8-14-32(56-3)15-9-28/h4-17,29,40,43H,18-25H2,1-3H3,(H,48,49). The highest BCUT2D eigenvalue weighted by Crippen LogP contribution is 2.38. The van der Waals surface area contributed by atoms with Gasteiger partial charge in [-0.3, -0.25) is 4.90 Å². The smallest absolute Gasteiger partial charge is 0.404 e. The number of aromatic nitrogens is 4. The van der Waals surface area contributed by atoms with Crippen LogP contribution in [0.1, 0.15) is 23.1 Å². The molecule has 1 aliphatic rings. The SMILES string of the molecule is COc1ccc(CN(Cc2ccc(OC)cc2)S(=O)(=O)c2c(S(=O)(=O)NC3CCN(CCNC(=O)O)C3)ccc(I)c2-c2nnn(Cc3ccc(OC)cc3)n2)cc1. The lowest BCUT2D eigenvalue weighted by molar-refractivity contribution is 0.192. The van der Waals surface area contributed by atoms with E-state index in [9.17, 15) is 13.2 Å². The fourth-order valence-corrected chi connectivity index (χ4v) is 11.0. The molecule has 1 unspecified atom stereocenters. The van der Waals surface area contributed by atoms with E-state index in [0.29, 0.717) is 58.0 Å². The van der Waals surface area contributed by atoms with Crippen molar-refractivity contribution in [2.24, 2.45) is 0 Å². The maximum absolute atomic E-state index is 15.4.